The topological polar surface area (TPSA) is 170 Å². The first-order valence-electron chi connectivity index (χ1n) is 11.8. The number of carbonyl (C=O) groups excluding carboxylic acids is 3. The Morgan fingerprint density at radius 3 is 2.78 bits per heavy atom. The lowest BCUT2D eigenvalue weighted by Gasteiger charge is -2.46. The maximum Gasteiger partial charge on any atom is 0.412 e. The van der Waals surface area contributed by atoms with E-state index in [-0.39, 0.29) is 54.4 Å². The molecule has 198 valence electrons. The molecule has 6 atom stereocenters. The Bertz CT molecular complexity index is 982. The monoisotopic (exact) mass is 523 g/mol. The minimum Gasteiger partial charge on any atom is -0.477 e. The highest BCUT2D eigenvalue weighted by molar-refractivity contribution is 8.03. The number of β-lactam (4-membered cyclic amide) rings is 1. The van der Waals surface area contributed by atoms with Crippen LogP contribution in [0.3, 0.4) is 0 Å². The van der Waals surface area contributed by atoms with Crippen LogP contribution in [0, 0.1) is 11.8 Å². The molecule has 13 heteroatoms. The zero-order valence-corrected chi connectivity index (χ0v) is 21.3. The van der Waals surface area contributed by atoms with Crippen molar-refractivity contribution in [3.05, 3.63) is 23.3 Å². The number of carbonyl (C=O) groups is 4. The van der Waals surface area contributed by atoms with Crippen LogP contribution in [0.15, 0.2) is 28.2 Å². The number of nitrogens with zero attached hydrogens (tertiary/aromatic N) is 2. The number of ether oxygens (including phenoxy) is 1. The third-order valence-electron chi connectivity index (χ3n) is 6.39. The van der Waals surface area contributed by atoms with Gasteiger partial charge in [-0.2, -0.15) is 0 Å². The van der Waals surface area contributed by atoms with Crippen LogP contribution in [0.5, 0.6) is 0 Å². The summed E-state index contributed by atoms with van der Waals surface area (Å²) in [7, 11) is 0. The van der Waals surface area contributed by atoms with Gasteiger partial charge in [0, 0.05) is 29.2 Å². The first-order chi connectivity index (χ1) is 17.1. The maximum atomic E-state index is 12.6. The molecule has 3 amide bonds. The summed E-state index contributed by atoms with van der Waals surface area (Å²) < 4.78 is 4.80. The fourth-order valence-corrected chi connectivity index (χ4v) is 6.21. The molecule has 0 aromatic rings. The van der Waals surface area contributed by atoms with Crippen molar-refractivity contribution < 1.29 is 34.1 Å². The van der Waals surface area contributed by atoms with E-state index in [0.29, 0.717) is 23.7 Å². The van der Waals surface area contributed by atoms with Crippen LogP contribution in [-0.2, 0) is 19.1 Å². The summed E-state index contributed by atoms with van der Waals surface area (Å²) in [6, 6.07) is -0.795. The van der Waals surface area contributed by atoms with Crippen LogP contribution in [0.1, 0.15) is 27.2 Å². The molecule has 0 spiro atoms. The van der Waals surface area contributed by atoms with Crippen LogP contribution in [0.25, 0.3) is 0 Å². The van der Waals surface area contributed by atoms with Gasteiger partial charge in [-0.25, -0.2) is 9.59 Å². The number of aliphatic carboxylic acids is 1. The van der Waals surface area contributed by atoms with Gasteiger partial charge in [-0.05, 0) is 20.3 Å². The van der Waals surface area contributed by atoms with Crippen LogP contribution < -0.4 is 16.0 Å². The molecule has 0 aliphatic carbocycles. The lowest BCUT2D eigenvalue weighted by atomic mass is 9.79. The van der Waals surface area contributed by atoms with Gasteiger partial charge in [-0.15, -0.1) is 11.8 Å². The Labute approximate surface area is 213 Å². The van der Waals surface area contributed by atoms with E-state index in [1.54, 1.807) is 13.8 Å². The van der Waals surface area contributed by atoms with Crippen molar-refractivity contribution in [2.24, 2.45) is 16.8 Å². The second kappa shape index (κ2) is 11.9. The zero-order valence-electron chi connectivity index (χ0n) is 20.5. The molecule has 3 heterocycles. The number of alkyl carbamates (subject to hydrolysis) is 1. The molecule has 3 aliphatic rings. The van der Waals surface area contributed by atoms with E-state index >= 15 is 0 Å². The molecule has 12 nitrogen and oxygen atoms in total. The van der Waals surface area contributed by atoms with Gasteiger partial charge in [0.1, 0.15) is 18.1 Å². The van der Waals surface area contributed by atoms with Gasteiger partial charge < -0.3 is 30.5 Å². The van der Waals surface area contributed by atoms with Crippen molar-refractivity contribution in [1.29, 1.82) is 0 Å². The summed E-state index contributed by atoms with van der Waals surface area (Å²) in [5, 5.41) is 28.1. The molecule has 5 N–H and O–H groups in total. The summed E-state index contributed by atoms with van der Waals surface area (Å²) >= 11 is 1.39. The zero-order chi connectivity index (χ0) is 26.6. The van der Waals surface area contributed by atoms with Crippen LogP contribution >= 0.6 is 11.8 Å². The van der Waals surface area contributed by atoms with Gasteiger partial charge in [0.25, 0.3) is 0 Å². The predicted molar refractivity (Wildman–Crippen MR) is 133 cm³/mol. The Kier molecular flexibility index (Phi) is 9.14. The fraction of sp³-hybridized carbons (Fsp3) is 0.609. The molecule has 36 heavy (non-hydrogen) atoms. The lowest BCUT2D eigenvalue weighted by molar-refractivity contribution is -0.163. The summed E-state index contributed by atoms with van der Waals surface area (Å²) in [4.78, 5) is 54.5. The van der Waals surface area contributed by atoms with Crippen molar-refractivity contribution >= 4 is 41.5 Å². The highest BCUT2D eigenvalue weighted by Crippen LogP contribution is 2.51. The quantitative estimate of drug-likeness (QED) is 0.0873. The van der Waals surface area contributed by atoms with Crippen molar-refractivity contribution in [2.75, 3.05) is 26.2 Å². The summed E-state index contributed by atoms with van der Waals surface area (Å²) in [6.45, 7) is 9.64. The lowest BCUT2D eigenvalue weighted by Crippen LogP contribution is -2.63. The number of rotatable bonds is 10. The SMILES string of the molecule is C=CCOC(=O)NC(C)=NCCNC(=O)[C@@H]1C[C@H](SC2=C(C(=O)O)N3C(=O)C([C@@H](C)O)C3[C@H]2C)CN1. The number of aliphatic hydroxyl groups is 1. The van der Waals surface area contributed by atoms with E-state index in [1.165, 1.54) is 22.7 Å². The van der Waals surface area contributed by atoms with Crippen LogP contribution in [-0.4, -0.2) is 94.5 Å². The summed E-state index contributed by atoms with van der Waals surface area (Å²) in [6.07, 6.45) is 0.467. The number of amides is 3. The summed E-state index contributed by atoms with van der Waals surface area (Å²) in [5.41, 5.74) is -0.0116. The van der Waals surface area contributed by atoms with E-state index < -0.39 is 30.1 Å². The third-order valence-corrected chi connectivity index (χ3v) is 7.90. The van der Waals surface area contributed by atoms with Gasteiger partial charge >= 0.3 is 12.1 Å². The molecule has 2 unspecified atom stereocenters. The molecule has 3 rings (SSSR count). The molecule has 0 aromatic carbocycles. The fourth-order valence-electron chi connectivity index (χ4n) is 4.73. The number of thioether (sulfide) groups is 1. The maximum absolute atomic E-state index is 12.6. The Hall–Kier alpha value is -2.90. The Morgan fingerprint density at radius 2 is 2.14 bits per heavy atom. The summed E-state index contributed by atoms with van der Waals surface area (Å²) in [5.74, 6) is -2.17. The molecule has 0 saturated carbocycles. The second-order valence-corrected chi connectivity index (χ2v) is 10.3. The smallest absolute Gasteiger partial charge is 0.412 e. The van der Waals surface area contributed by atoms with Gasteiger partial charge in [-0.3, -0.25) is 19.9 Å². The molecule has 0 aromatic heterocycles. The molecule has 2 fully saturated rings. The minimum absolute atomic E-state index is 0.0116. The number of aliphatic hydroxyl groups excluding tert-OH is 1. The number of hydrogen-bond acceptors (Lipinski definition) is 9. The van der Waals surface area contributed by atoms with Gasteiger partial charge in [0.15, 0.2) is 0 Å². The third kappa shape index (κ3) is 5.90. The van der Waals surface area contributed by atoms with Crippen molar-refractivity contribution in [3.8, 4) is 0 Å². The first-order valence-corrected chi connectivity index (χ1v) is 12.7. The van der Waals surface area contributed by atoms with Gasteiger partial charge in [0.05, 0.1) is 30.7 Å². The number of carboxylic acid groups (broad SMARTS) is 1. The second-order valence-electron chi connectivity index (χ2n) is 8.98. The first kappa shape index (κ1) is 27.7. The van der Waals surface area contributed by atoms with Crippen molar-refractivity contribution in [3.63, 3.8) is 0 Å². The van der Waals surface area contributed by atoms with E-state index in [4.69, 9.17) is 4.74 Å². The molecule has 2 saturated heterocycles. The van der Waals surface area contributed by atoms with Crippen LogP contribution in [0.4, 0.5) is 4.79 Å². The van der Waals surface area contributed by atoms with E-state index in [1.807, 2.05) is 6.92 Å². The molecule has 3 aliphatic heterocycles. The molecule has 0 bridgehead atoms. The standard InChI is InChI=1S/C23H33N5O7S/c1-5-8-35-23(34)27-13(4)24-6-7-25-20(30)15-9-14(10-26-15)36-19-11(2)17-16(12(3)29)21(31)28(17)18(19)22(32)33/h5,11-12,14-17,26,29H,1,6-10H2,2-4H3,(H,25,30)(H,32,33)(H,24,27,34)/t11-,12-,14+,15+,16?,17?/m1/s1. The average Bonchev–Trinajstić information content (AvgIpc) is 3.37. The number of nitrogens with one attached hydrogen (secondary N) is 3. The predicted octanol–water partition coefficient (Wildman–Crippen LogP) is 0.0506. The van der Waals surface area contributed by atoms with Crippen molar-refractivity contribution in [2.45, 2.75) is 50.6 Å². The van der Waals surface area contributed by atoms with E-state index in [0.717, 1.165) is 0 Å². The average molecular weight is 524 g/mol. The molecular weight excluding hydrogens is 490 g/mol. The highest BCUT2D eigenvalue weighted by atomic mass is 32.2. The molecular formula is C23H33N5O7S. The number of hydrogen-bond donors (Lipinski definition) is 5. The number of amidine groups is 1. The molecule has 0 radical (unpaired) electrons. The van der Waals surface area contributed by atoms with Gasteiger partial charge in [-0.1, -0.05) is 19.6 Å². The van der Waals surface area contributed by atoms with Crippen molar-refractivity contribution in [1.82, 2.24) is 20.9 Å². The Morgan fingerprint density at radius 1 is 1.42 bits per heavy atom. The number of carboxylic acids is 1. The largest absolute Gasteiger partial charge is 0.477 e. The van der Waals surface area contributed by atoms with E-state index in [2.05, 4.69) is 27.5 Å². The van der Waals surface area contributed by atoms with E-state index in [9.17, 15) is 29.4 Å². The van der Waals surface area contributed by atoms with Crippen LogP contribution in [0.2, 0.25) is 0 Å². The highest BCUT2D eigenvalue weighted by Gasteiger charge is 2.60. The minimum atomic E-state index is -1.16. The number of fused-ring (bicyclic) bond motifs is 1. The normalized spacial score (nSPS) is 28.3. The Balaban J connectivity index is 1.49. The van der Waals surface area contributed by atoms with Gasteiger partial charge in [0.2, 0.25) is 11.8 Å². The number of aliphatic imine (C=N–C) groups is 1.